The number of amides is 1. The van der Waals surface area contributed by atoms with Crippen molar-refractivity contribution in [3.63, 3.8) is 0 Å². The Kier molecular flexibility index (Phi) is 6.03. The monoisotopic (exact) mass is 428 g/mol. The minimum Gasteiger partial charge on any atom is -0.496 e. The zero-order valence-corrected chi connectivity index (χ0v) is 17.8. The molecule has 7 nitrogen and oxygen atoms in total. The van der Waals surface area contributed by atoms with Gasteiger partial charge in [-0.2, -0.15) is 0 Å². The van der Waals surface area contributed by atoms with Crippen molar-refractivity contribution in [3.05, 3.63) is 45.8 Å². The second-order valence-electron chi connectivity index (χ2n) is 7.16. The van der Waals surface area contributed by atoms with Crippen molar-refractivity contribution in [1.82, 2.24) is 0 Å². The van der Waals surface area contributed by atoms with Crippen LogP contribution in [0.4, 0.5) is 5.00 Å². The maximum Gasteiger partial charge on any atom is 0.341 e. The average Bonchev–Trinajstić information content (AvgIpc) is 3.38. The summed E-state index contributed by atoms with van der Waals surface area (Å²) in [5.74, 6) is -0.0327. The van der Waals surface area contributed by atoms with Crippen molar-refractivity contribution < 1.29 is 23.9 Å². The molecular weight excluding hydrogens is 404 g/mol. The topological polar surface area (TPSA) is 86.2 Å². The number of aryl methyl sites for hydroxylation is 1. The summed E-state index contributed by atoms with van der Waals surface area (Å²) in [5.41, 5.74) is 2.96. The van der Waals surface area contributed by atoms with Gasteiger partial charge < -0.3 is 19.6 Å². The van der Waals surface area contributed by atoms with Gasteiger partial charge in [-0.15, -0.1) is 11.3 Å². The Morgan fingerprint density at radius 1 is 1.27 bits per heavy atom. The van der Waals surface area contributed by atoms with Crippen molar-refractivity contribution in [2.75, 3.05) is 19.0 Å². The number of thiophene rings is 1. The molecule has 0 saturated heterocycles. The first-order valence-corrected chi connectivity index (χ1v) is 10.9. The molecular formula is C22H24N2O5S. The van der Waals surface area contributed by atoms with Crippen LogP contribution in [-0.4, -0.2) is 37.4 Å². The Balaban J connectivity index is 1.51. The lowest BCUT2D eigenvalue weighted by molar-refractivity contribution is -0.125. The Morgan fingerprint density at radius 2 is 2.07 bits per heavy atom. The van der Waals surface area contributed by atoms with Gasteiger partial charge in [0, 0.05) is 16.9 Å². The fourth-order valence-corrected chi connectivity index (χ4v) is 5.11. The van der Waals surface area contributed by atoms with E-state index in [0.29, 0.717) is 35.1 Å². The standard InChI is InChI=1S/C22H24N2O5S/c1-3-28-22(26)19-14-9-5-7-11-18(14)30-21(19)23-20(25)17-12-15(24-29-17)13-8-4-6-10-16(13)27-2/h4,6,8,10,17H,3,5,7,9,11-12H2,1-2H3,(H,23,25). The molecule has 1 aliphatic carbocycles. The zero-order valence-electron chi connectivity index (χ0n) is 17.0. The molecule has 30 heavy (non-hydrogen) atoms. The van der Waals surface area contributed by atoms with Crippen LogP contribution in [0.15, 0.2) is 29.4 Å². The van der Waals surface area contributed by atoms with Gasteiger partial charge in [-0.3, -0.25) is 4.79 Å². The summed E-state index contributed by atoms with van der Waals surface area (Å²) in [5, 5.41) is 7.54. The fourth-order valence-electron chi connectivity index (χ4n) is 3.83. The highest BCUT2D eigenvalue weighted by Crippen LogP contribution is 2.39. The van der Waals surface area contributed by atoms with E-state index in [9.17, 15) is 9.59 Å². The summed E-state index contributed by atoms with van der Waals surface area (Å²) in [6, 6.07) is 7.48. The highest BCUT2D eigenvalue weighted by atomic mass is 32.1. The molecule has 2 aliphatic rings. The van der Waals surface area contributed by atoms with Gasteiger partial charge in [0.25, 0.3) is 5.91 Å². The lowest BCUT2D eigenvalue weighted by Crippen LogP contribution is -2.28. The first kappa shape index (κ1) is 20.4. The third kappa shape index (κ3) is 3.92. The minimum absolute atomic E-state index is 0.290. The van der Waals surface area contributed by atoms with E-state index in [-0.39, 0.29) is 11.9 Å². The number of esters is 1. The number of hydrogen-bond donors (Lipinski definition) is 1. The molecule has 2 aromatic rings. The van der Waals surface area contributed by atoms with Crippen molar-refractivity contribution in [2.24, 2.45) is 5.16 Å². The Labute approximate surface area is 179 Å². The van der Waals surface area contributed by atoms with Gasteiger partial charge in [0.1, 0.15) is 10.8 Å². The second kappa shape index (κ2) is 8.87. The van der Waals surface area contributed by atoms with E-state index >= 15 is 0 Å². The van der Waals surface area contributed by atoms with Gasteiger partial charge in [0.15, 0.2) is 0 Å². The van der Waals surface area contributed by atoms with Gasteiger partial charge in [-0.1, -0.05) is 17.3 Å². The molecule has 1 unspecified atom stereocenters. The number of hydrogen-bond acceptors (Lipinski definition) is 7. The molecule has 8 heteroatoms. The summed E-state index contributed by atoms with van der Waals surface area (Å²) in [4.78, 5) is 32.0. The van der Waals surface area contributed by atoms with Gasteiger partial charge >= 0.3 is 5.97 Å². The number of rotatable bonds is 6. The number of para-hydroxylation sites is 1. The number of ether oxygens (including phenoxy) is 2. The molecule has 0 saturated carbocycles. The molecule has 158 valence electrons. The molecule has 4 rings (SSSR count). The van der Waals surface area contributed by atoms with E-state index in [1.807, 2.05) is 24.3 Å². The van der Waals surface area contributed by atoms with Crippen LogP contribution in [0.1, 0.15) is 52.5 Å². The van der Waals surface area contributed by atoms with Crippen LogP contribution in [0.25, 0.3) is 0 Å². The zero-order chi connectivity index (χ0) is 21.1. The maximum atomic E-state index is 12.9. The lowest BCUT2D eigenvalue weighted by Gasteiger charge is -2.13. The summed E-state index contributed by atoms with van der Waals surface area (Å²) in [6.07, 6.45) is 3.43. The van der Waals surface area contributed by atoms with Crippen molar-refractivity contribution in [1.29, 1.82) is 0 Å². The highest BCUT2D eigenvalue weighted by molar-refractivity contribution is 7.17. The van der Waals surface area contributed by atoms with Crippen LogP contribution < -0.4 is 10.1 Å². The van der Waals surface area contributed by atoms with E-state index < -0.39 is 6.10 Å². The quantitative estimate of drug-likeness (QED) is 0.704. The van der Waals surface area contributed by atoms with E-state index in [1.54, 1.807) is 14.0 Å². The SMILES string of the molecule is CCOC(=O)c1c(NC(=O)C2CC(c3ccccc3OC)=NO2)sc2c1CCCC2. The van der Waals surface area contributed by atoms with Crippen molar-refractivity contribution in [3.8, 4) is 5.75 Å². The summed E-state index contributed by atoms with van der Waals surface area (Å²) >= 11 is 1.46. The first-order chi connectivity index (χ1) is 14.6. The molecule has 0 fully saturated rings. The Morgan fingerprint density at radius 3 is 2.87 bits per heavy atom. The van der Waals surface area contributed by atoms with Gasteiger partial charge in [0.2, 0.25) is 6.10 Å². The number of benzene rings is 1. The third-order valence-corrected chi connectivity index (χ3v) is 6.47. The third-order valence-electron chi connectivity index (χ3n) is 5.27. The molecule has 1 aromatic carbocycles. The van der Waals surface area contributed by atoms with E-state index in [4.69, 9.17) is 14.3 Å². The summed E-state index contributed by atoms with van der Waals surface area (Å²) in [7, 11) is 1.59. The van der Waals surface area contributed by atoms with E-state index in [1.165, 1.54) is 11.3 Å². The van der Waals surface area contributed by atoms with Crippen LogP contribution in [0, 0.1) is 0 Å². The molecule has 1 aromatic heterocycles. The number of anilines is 1. The summed E-state index contributed by atoms with van der Waals surface area (Å²) in [6.45, 7) is 2.07. The molecule has 1 atom stereocenters. The maximum absolute atomic E-state index is 12.9. The van der Waals surface area contributed by atoms with Gasteiger partial charge in [-0.25, -0.2) is 4.79 Å². The number of carbonyl (C=O) groups is 2. The second-order valence-corrected chi connectivity index (χ2v) is 8.27. The molecule has 0 spiro atoms. The predicted octanol–water partition coefficient (Wildman–Crippen LogP) is 3.94. The molecule has 0 radical (unpaired) electrons. The van der Waals surface area contributed by atoms with Crippen LogP contribution in [0.3, 0.4) is 0 Å². The number of fused-ring (bicyclic) bond motifs is 1. The lowest BCUT2D eigenvalue weighted by atomic mass is 9.95. The number of nitrogens with zero attached hydrogens (tertiary/aromatic N) is 1. The van der Waals surface area contributed by atoms with Gasteiger partial charge in [0.05, 0.1) is 25.0 Å². The van der Waals surface area contributed by atoms with E-state index in [2.05, 4.69) is 10.5 Å². The Bertz CT molecular complexity index is 997. The van der Waals surface area contributed by atoms with Crippen LogP contribution in [-0.2, 0) is 27.2 Å². The van der Waals surface area contributed by atoms with Gasteiger partial charge in [-0.05, 0) is 50.3 Å². The average molecular weight is 429 g/mol. The first-order valence-electron chi connectivity index (χ1n) is 10.1. The van der Waals surface area contributed by atoms with E-state index in [0.717, 1.165) is 41.7 Å². The molecule has 0 bridgehead atoms. The number of oxime groups is 1. The molecule has 1 N–H and O–H groups in total. The smallest absolute Gasteiger partial charge is 0.341 e. The predicted molar refractivity (Wildman–Crippen MR) is 115 cm³/mol. The number of methoxy groups -OCH3 is 1. The van der Waals surface area contributed by atoms with Crippen molar-refractivity contribution in [2.45, 2.75) is 45.1 Å². The van der Waals surface area contributed by atoms with Crippen molar-refractivity contribution >= 4 is 33.9 Å². The Hall–Kier alpha value is -2.87. The number of carbonyl (C=O) groups excluding carboxylic acids is 2. The van der Waals surface area contributed by atoms with Crippen LogP contribution in [0.2, 0.25) is 0 Å². The normalized spacial score (nSPS) is 17.5. The largest absolute Gasteiger partial charge is 0.496 e. The highest BCUT2D eigenvalue weighted by Gasteiger charge is 2.33. The minimum atomic E-state index is -0.765. The fraction of sp³-hybridized carbons (Fsp3) is 0.409. The van der Waals surface area contributed by atoms with Crippen LogP contribution >= 0.6 is 11.3 Å². The number of nitrogens with one attached hydrogen (secondary N) is 1. The molecule has 1 aliphatic heterocycles. The summed E-state index contributed by atoms with van der Waals surface area (Å²) < 4.78 is 10.6. The van der Waals surface area contributed by atoms with Crippen LogP contribution in [0.5, 0.6) is 5.75 Å². The molecule has 2 heterocycles. The molecule has 1 amide bonds.